The molecule has 1 aromatic carbocycles. The van der Waals surface area contributed by atoms with Gasteiger partial charge in [-0.15, -0.1) is 0 Å². The van der Waals surface area contributed by atoms with Crippen molar-refractivity contribution in [2.75, 3.05) is 18.9 Å². The zero-order chi connectivity index (χ0) is 18.0. The smallest absolute Gasteiger partial charge is 0.268 e. The minimum atomic E-state index is -3.57. The van der Waals surface area contributed by atoms with Crippen molar-refractivity contribution in [3.05, 3.63) is 47.3 Å². The van der Waals surface area contributed by atoms with E-state index in [0.29, 0.717) is 12.2 Å². The number of sulfonamides is 1. The van der Waals surface area contributed by atoms with Crippen LogP contribution in [0.15, 0.2) is 35.4 Å². The second-order valence-corrected chi connectivity index (χ2v) is 7.92. The monoisotopic (exact) mass is 362 g/mol. The van der Waals surface area contributed by atoms with E-state index in [1.54, 1.807) is 7.05 Å². The first-order valence-electron chi connectivity index (χ1n) is 8.15. The average molecular weight is 362 g/mol. The molecule has 0 saturated heterocycles. The Morgan fingerprint density at radius 1 is 1.36 bits per heavy atom. The zero-order valence-corrected chi connectivity index (χ0v) is 15.1. The van der Waals surface area contributed by atoms with Gasteiger partial charge in [0.25, 0.3) is 5.91 Å². The van der Waals surface area contributed by atoms with Crippen molar-refractivity contribution in [2.24, 2.45) is 7.05 Å². The van der Waals surface area contributed by atoms with E-state index in [-0.39, 0.29) is 10.8 Å². The van der Waals surface area contributed by atoms with Gasteiger partial charge in [-0.2, -0.15) is 0 Å². The number of rotatable bonds is 5. The van der Waals surface area contributed by atoms with Gasteiger partial charge in [0.2, 0.25) is 10.0 Å². The topological polar surface area (TPSA) is 92.2 Å². The molecule has 2 heterocycles. The second-order valence-electron chi connectivity index (χ2n) is 6.04. The van der Waals surface area contributed by atoms with Gasteiger partial charge in [0.15, 0.2) is 0 Å². The van der Waals surface area contributed by atoms with E-state index in [0.717, 1.165) is 30.6 Å². The van der Waals surface area contributed by atoms with Gasteiger partial charge in [-0.1, -0.05) is 12.1 Å². The van der Waals surface area contributed by atoms with Crippen LogP contribution in [0.25, 0.3) is 0 Å². The fraction of sp³-hybridized carbons (Fsp3) is 0.353. The van der Waals surface area contributed by atoms with Crippen LogP contribution < -0.4 is 15.4 Å². The van der Waals surface area contributed by atoms with Crippen LogP contribution in [0.3, 0.4) is 0 Å². The third-order valence-electron chi connectivity index (χ3n) is 4.42. The van der Waals surface area contributed by atoms with Gasteiger partial charge in [0.05, 0.1) is 0 Å². The van der Waals surface area contributed by atoms with Gasteiger partial charge >= 0.3 is 0 Å². The highest BCUT2D eigenvalue weighted by molar-refractivity contribution is 7.89. The lowest BCUT2D eigenvalue weighted by Crippen LogP contribution is -2.26. The fourth-order valence-electron chi connectivity index (χ4n) is 3.04. The molecule has 25 heavy (non-hydrogen) atoms. The predicted molar refractivity (Wildman–Crippen MR) is 96.1 cm³/mol. The molecular formula is C17H22N4O3S. The van der Waals surface area contributed by atoms with Crippen LogP contribution in [0.5, 0.6) is 0 Å². The molecule has 3 N–H and O–H groups in total. The van der Waals surface area contributed by atoms with E-state index >= 15 is 0 Å². The van der Waals surface area contributed by atoms with Crippen molar-refractivity contribution in [1.82, 2.24) is 14.6 Å². The summed E-state index contributed by atoms with van der Waals surface area (Å²) in [6, 6.07) is 7.40. The lowest BCUT2D eigenvalue weighted by atomic mass is 9.97. The Bertz CT molecular complexity index is 903. The molecule has 2 aromatic rings. The van der Waals surface area contributed by atoms with Crippen LogP contribution in [0.1, 0.15) is 28.0 Å². The van der Waals surface area contributed by atoms with Gasteiger partial charge in [-0.25, -0.2) is 13.1 Å². The number of aryl methyl sites for hydroxylation is 1. The number of fused-ring (bicyclic) bond motifs is 1. The number of hydrogen-bond acceptors (Lipinski definition) is 4. The normalized spacial score (nSPS) is 13.8. The standard InChI is InChI=1S/C17H22N4O3S/c1-18-25(23,24)13-9-16(21(2)11-13)17(22)20-10-12-5-3-7-15-14(12)6-4-8-19-15/h3,5,7,9,11,18-19H,4,6,8,10H2,1-2H3,(H,20,22). The molecule has 1 aromatic heterocycles. The molecule has 134 valence electrons. The maximum atomic E-state index is 12.5. The van der Waals surface area contributed by atoms with Crippen molar-refractivity contribution in [3.63, 3.8) is 0 Å². The molecule has 3 rings (SSSR count). The number of carbonyl (C=O) groups is 1. The summed E-state index contributed by atoms with van der Waals surface area (Å²) in [6.07, 6.45) is 3.49. The van der Waals surface area contributed by atoms with E-state index in [9.17, 15) is 13.2 Å². The predicted octanol–water partition coefficient (Wildman–Crippen LogP) is 1.22. The van der Waals surface area contributed by atoms with Crippen LogP contribution >= 0.6 is 0 Å². The number of carbonyl (C=O) groups excluding carboxylic acids is 1. The van der Waals surface area contributed by atoms with Crippen molar-refractivity contribution in [3.8, 4) is 0 Å². The largest absolute Gasteiger partial charge is 0.385 e. The quantitative estimate of drug-likeness (QED) is 0.746. The van der Waals surface area contributed by atoms with Gasteiger partial charge in [-0.3, -0.25) is 4.79 Å². The van der Waals surface area contributed by atoms with E-state index < -0.39 is 10.0 Å². The highest BCUT2D eigenvalue weighted by Gasteiger charge is 2.19. The molecule has 0 aliphatic carbocycles. The Morgan fingerprint density at radius 2 is 2.16 bits per heavy atom. The van der Waals surface area contributed by atoms with Crippen molar-refractivity contribution < 1.29 is 13.2 Å². The molecule has 1 aliphatic rings. The summed E-state index contributed by atoms with van der Waals surface area (Å²) in [4.78, 5) is 12.5. The molecule has 0 unspecified atom stereocenters. The van der Waals surface area contributed by atoms with E-state index in [1.807, 2.05) is 18.2 Å². The zero-order valence-electron chi connectivity index (χ0n) is 14.3. The van der Waals surface area contributed by atoms with E-state index in [1.165, 1.54) is 29.4 Å². The lowest BCUT2D eigenvalue weighted by Gasteiger charge is -2.21. The average Bonchev–Trinajstić information content (AvgIpc) is 3.02. The van der Waals surface area contributed by atoms with Crippen LogP contribution in [-0.2, 0) is 30.0 Å². The summed E-state index contributed by atoms with van der Waals surface area (Å²) < 4.78 is 27.5. The second kappa shape index (κ2) is 6.89. The molecule has 0 radical (unpaired) electrons. The summed E-state index contributed by atoms with van der Waals surface area (Å²) in [5.41, 5.74) is 3.74. The van der Waals surface area contributed by atoms with Crippen LogP contribution in [-0.4, -0.2) is 32.5 Å². The Morgan fingerprint density at radius 3 is 2.92 bits per heavy atom. The Hall–Kier alpha value is -2.32. The van der Waals surface area contributed by atoms with Crippen LogP contribution in [0, 0.1) is 0 Å². The molecule has 0 fully saturated rings. The third kappa shape index (κ3) is 3.54. The van der Waals surface area contributed by atoms with Crippen molar-refractivity contribution in [1.29, 1.82) is 0 Å². The molecular weight excluding hydrogens is 340 g/mol. The van der Waals surface area contributed by atoms with Crippen LogP contribution in [0.2, 0.25) is 0 Å². The van der Waals surface area contributed by atoms with E-state index in [4.69, 9.17) is 0 Å². The van der Waals surface area contributed by atoms with Gasteiger partial charge in [0.1, 0.15) is 10.6 Å². The first-order chi connectivity index (χ1) is 11.9. The van der Waals surface area contributed by atoms with Gasteiger partial charge in [0, 0.05) is 32.0 Å². The SMILES string of the molecule is CNS(=O)(=O)c1cc(C(=O)NCc2cccc3c2CCCN3)n(C)c1. The summed E-state index contributed by atoms with van der Waals surface area (Å²) in [5.74, 6) is -0.304. The van der Waals surface area contributed by atoms with Crippen molar-refractivity contribution >= 4 is 21.6 Å². The number of anilines is 1. The summed E-state index contributed by atoms with van der Waals surface area (Å²) >= 11 is 0. The minimum Gasteiger partial charge on any atom is -0.385 e. The number of nitrogens with zero attached hydrogens (tertiary/aromatic N) is 1. The highest BCUT2D eigenvalue weighted by Crippen LogP contribution is 2.25. The van der Waals surface area contributed by atoms with Gasteiger partial charge in [-0.05, 0) is 43.1 Å². The molecule has 1 amide bonds. The maximum absolute atomic E-state index is 12.5. The Labute approximate surface area is 147 Å². The summed E-state index contributed by atoms with van der Waals surface area (Å²) in [7, 11) is -0.579. The fourth-order valence-corrected chi connectivity index (χ4v) is 3.84. The number of aromatic nitrogens is 1. The lowest BCUT2D eigenvalue weighted by molar-refractivity contribution is 0.0942. The molecule has 1 aliphatic heterocycles. The number of benzene rings is 1. The summed E-state index contributed by atoms with van der Waals surface area (Å²) in [6.45, 7) is 1.37. The highest BCUT2D eigenvalue weighted by atomic mass is 32.2. The number of amides is 1. The maximum Gasteiger partial charge on any atom is 0.268 e. The Kier molecular flexibility index (Phi) is 4.82. The molecule has 0 bridgehead atoms. The van der Waals surface area contributed by atoms with Gasteiger partial charge < -0.3 is 15.2 Å². The molecule has 0 spiro atoms. The minimum absolute atomic E-state index is 0.0731. The Balaban J connectivity index is 1.76. The third-order valence-corrected chi connectivity index (χ3v) is 5.80. The number of hydrogen-bond donors (Lipinski definition) is 3. The first-order valence-corrected chi connectivity index (χ1v) is 9.63. The first kappa shape index (κ1) is 17.5. The molecule has 8 heteroatoms. The summed E-state index contributed by atoms with van der Waals surface area (Å²) in [5, 5.41) is 6.25. The molecule has 0 atom stereocenters. The number of nitrogens with one attached hydrogen (secondary N) is 3. The van der Waals surface area contributed by atoms with E-state index in [2.05, 4.69) is 15.4 Å². The van der Waals surface area contributed by atoms with Crippen LogP contribution in [0.4, 0.5) is 5.69 Å². The molecule has 0 saturated carbocycles. The molecule has 7 nitrogen and oxygen atoms in total. The van der Waals surface area contributed by atoms with Crippen molar-refractivity contribution in [2.45, 2.75) is 24.3 Å².